The van der Waals surface area contributed by atoms with E-state index in [0.717, 1.165) is 36.3 Å². The van der Waals surface area contributed by atoms with Crippen molar-refractivity contribution in [2.75, 3.05) is 0 Å². The lowest BCUT2D eigenvalue weighted by Gasteiger charge is -2.60. The van der Waals surface area contributed by atoms with Gasteiger partial charge < -0.3 is 5.21 Å². The quantitative estimate of drug-likeness (QED) is 0.179. The minimum absolute atomic E-state index is 0.123. The summed E-state index contributed by atoms with van der Waals surface area (Å²) in [6.07, 6.45) is 21.2. The van der Waals surface area contributed by atoms with Gasteiger partial charge in [-0.1, -0.05) is 82.6 Å². The van der Waals surface area contributed by atoms with E-state index >= 15 is 0 Å². The highest BCUT2D eigenvalue weighted by Gasteiger charge is 2.59. The first-order valence-electron chi connectivity index (χ1n) is 14.8. The standard InChI is InChI=1S/C26H34N2O.C4H7N.C3H6.C2H6/c1-24(2)22-10-7-18-20-9-8-19(17-6-5-15-27-16-17)25(20,3)13-11-21(18)26(22,4)14-12-23(24)28-29;1-3-4-5-2;1-3-2;1-2/h5-6,8,10,15-16,18,20-21,29H,7,9,11-14H2,1-4H3;3-4H,2H2,1H3;3H,1H2,2H3;1-2H3/b28-23+;4-3+;;. The van der Waals surface area contributed by atoms with Crippen LogP contribution in [0.25, 0.3) is 5.57 Å². The highest BCUT2D eigenvalue weighted by Crippen LogP contribution is 2.67. The van der Waals surface area contributed by atoms with Gasteiger partial charge >= 0.3 is 0 Å². The van der Waals surface area contributed by atoms with Crippen molar-refractivity contribution >= 4 is 18.0 Å². The van der Waals surface area contributed by atoms with Crippen molar-refractivity contribution in [2.45, 2.75) is 93.9 Å². The molecule has 0 amide bonds. The zero-order valence-electron chi connectivity index (χ0n) is 25.9. The molecule has 1 N–H and O–H groups in total. The molecular formula is C35H53N3O. The first-order chi connectivity index (χ1) is 18.6. The fourth-order valence-corrected chi connectivity index (χ4v) is 8.05. The van der Waals surface area contributed by atoms with Gasteiger partial charge in [-0.05, 0) is 105 Å². The fraction of sp³-hybridized carbons (Fsp3) is 0.571. The number of oxime groups is 1. The Labute approximate surface area is 238 Å². The molecule has 5 unspecified atom stereocenters. The Bertz CT molecular complexity index is 1080. The van der Waals surface area contributed by atoms with Crippen molar-refractivity contribution in [3.05, 3.63) is 72.7 Å². The van der Waals surface area contributed by atoms with Crippen molar-refractivity contribution in [1.29, 1.82) is 0 Å². The van der Waals surface area contributed by atoms with Gasteiger partial charge in [-0.2, -0.15) is 0 Å². The van der Waals surface area contributed by atoms with Crippen LogP contribution in [-0.2, 0) is 0 Å². The average Bonchev–Trinajstić information content (AvgIpc) is 3.29. The second-order valence-electron chi connectivity index (χ2n) is 11.9. The minimum atomic E-state index is -0.123. The molecule has 1 heterocycles. The molecule has 4 heteroatoms. The zero-order chi connectivity index (χ0) is 29.3. The summed E-state index contributed by atoms with van der Waals surface area (Å²) in [5.74, 6) is 2.21. The number of fused-ring (bicyclic) bond motifs is 5. The van der Waals surface area contributed by atoms with Crippen molar-refractivity contribution < 1.29 is 5.21 Å². The number of aromatic nitrogens is 1. The van der Waals surface area contributed by atoms with Crippen molar-refractivity contribution in [1.82, 2.24) is 4.98 Å². The summed E-state index contributed by atoms with van der Waals surface area (Å²) in [5.41, 5.74) is 5.73. The monoisotopic (exact) mass is 531 g/mol. The Kier molecular flexibility index (Phi) is 11.7. The SMILES string of the molecule is C=CC.C=N/C=C/C.CC.CC1(C)C2=CCC3C4CC=C(c5cccnc5)C4(C)CCC3C2(C)CC/C1=N\O. The third kappa shape index (κ3) is 6.21. The van der Waals surface area contributed by atoms with E-state index in [9.17, 15) is 5.21 Å². The number of rotatable bonds is 2. The summed E-state index contributed by atoms with van der Waals surface area (Å²) < 4.78 is 0. The maximum atomic E-state index is 9.58. The van der Waals surface area contributed by atoms with Crippen LogP contribution in [0.2, 0.25) is 0 Å². The Balaban J connectivity index is 0.000000467. The Hall–Kier alpha value is -2.75. The van der Waals surface area contributed by atoms with Crippen LogP contribution in [0.4, 0.5) is 0 Å². The molecule has 214 valence electrons. The van der Waals surface area contributed by atoms with E-state index in [0.29, 0.717) is 0 Å². The normalized spacial score (nSPS) is 32.7. The molecule has 0 aliphatic heterocycles. The molecule has 1 aromatic heterocycles. The molecule has 4 aliphatic carbocycles. The third-order valence-electron chi connectivity index (χ3n) is 9.67. The highest BCUT2D eigenvalue weighted by atomic mass is 16.4. The number of allylic oxidation sites excluding steroid dienone is 6. The highest BCUT2D eigenvalue weighted by molar-refractivity contribution is 5.93. The third-order valence-corrected chi connectivity index (χ3v) is 9.67. The molecule has 5 rings (SSSR count). The van der Waals surface area contributed by atoms with Gasteiger partial charge in [0.25, 0.3) is 0 Å². The van der Waals surface area contributed by atoms with Crippen LogP contribution in [0.5, 0.6) is 0 Å². The van der Waals surface area contributed by atoms with Crippen LogP contribution >= 0.6 is 0 Å². The predicted molar refractivity (Wildman–Crippen MR) is 169 cm³/mol. The molecule has 4 aliphatic rings. The largest absolute Gasteiger partial charge is 0.411 e. The molecule has 2 fully saturated rings. The van der Waals surface area contributed by atoms with E-state index in [1.807, 2.05) is 46.2 Å². The van der Waals surface area contributed by atoms with Crippen molar-refractivity contribution in [2.24, 2.45) is 44.1 Å². The van der Waals surface area contributed by atoms with Gasteiger partial charge in [0.05, 0.1) is 5.71 Å². The van der Waals surface area contributed by atoms with Gasteiger partial charge in [-0.15, -0.1) is 6.58 Å². The van der Waals surface area contributed by atoms with Gasteiger partial charge in [0.15, 0.2) is 0 Å². The van der Waals surface area contributed by atoms with Gasteiger partial charge in [-0.3, -0.25) is 9.98 Å². The van der Waals surface area contributed by atoms with Crippen LogP contribution in [-0.4, -0.2) is 22.6 Å². The van der Waals surface area contributed by atoms with Crippen LogP contribution in [0.3, 0.4) is 0 Å². The second kappa shape index (κ2) is 14.1. The fourth-order valence-electron chi connectivity index (χ4n) is 8.05. The van der Waals surface area contributed by atoms with E-state index in [-0.39, 0.29) is 16.2 Å². The van der Waals surface area contributed by atoms with Crippen LogP contribution in [0, 0.1) is 34.0 Å². The number of hydrogen-bond acceptors (Lipinski definition) is 4. The molecule has 0 aromatic carbocycles. The zero-order valence-corrected chi connectivity index (χ0v) is 25.9. The number of aliphatic imine (C=N–C) groups is 1. The van der Waals surface area contributed by atoms with E-state index in [4.69, 9.17) is 0 Å². The second-order valence-corrected chi connectivity index (χ2v) is 11.9. The maximum absolute atomic E-state index is 9.58. The summed E-state index contributed by atoms with van der Waals surface area (Å²) in [4.78, 5) is 7.82. The lowest BCUT2D eigenvalue weighted by molar-refractivity contribution is -0.0117. The molecule has 5 atom stereocenters. The smallest absolute Gasteiger partial charge is 0.0667 e. The molecule has 0 spiro atoms. The van der Waals surface area contributed by atoms with Gasteiger partial charge in [-0.25, -0.2) is 0 Å². The Morgan fingerprint density at radius 2 is 1.72 bits per heavy atom. The van der Waals surface area contributed by atoms with Crippen molar-refractivity contribution in [3.63, 3.8) is 0 Å². The molecule has 1 aromatic rings. The number of pyridine rings is 1. The molecule has 0 bridgehead atoms. The minimum Gasteiger partial charge on any atom is -0.411 e. The molecular weight excluding hydrogens is 478 g/mol. The average molecular weight is 532 g/mol. The summed E-state index contributed by atoms with van der Waals surface area (Å²) in [7, 11) is 0. The van der Waals surface area contributed by atoms with Gasteiger partial charge in [0.1, 0.15) is 0 Å². The summed E-state index contributed by atoms with van der Waals surface area (Å²) >= 11 is 0. The lowest BCUT2D eigenvalue weighted by Crippen LogP contribution is -2.53. The summed E-state index contributed by atoms with van der Waals surface area (Å²) in [6.45, 7) is 23.9. The summed E-state index contributed by atoms with van der Waals surface area (Å²) in [6, 6.07) is 4.30. The molecule has 4 nitrogen and oxygen atoms in total. The maximum Gasteiger partial charge on any atom is 0.0667 e. The predicted octanol–water partition coefficient (Wildman–Crippen LogP) is 9.94. The molecule has 0 radical (unpaired) electrons. The molecule has 39 heavy (non-hydrogen) atoms. The summed E-state index contributed by atoms with van der Waals surface area (Å²) in [5, 5.41) is 13.3. The van der Waals surface area contributed by atoms with E-state index < -0.39 is 0 Å². The molecule has 2 saturated carbocycles. The van der Waals surface area contributed by atoms with Crippen LogP contribution < -0.4 is 0 Å². The van der Waals surface area contributed by atoms with Crippen LogP contribution in [0.15, 0.2) is 77.3 Å². The van der Waals surface area contributed by atoms with E-state index in [1.165, 1.54) is 42.4 Å². The first-order valence-corrected chi connectivity index (χ1v) is 14.8. The lowest BCUT2D eigenvalue weighted by atomic mass is 9.44. The first kappa shape index (κ1) is 32.5. The molecule has 0 saturated heterocycles. The number of hydrogen-bond donors (Lipinski definition) is 1. The Morgan fingerprint density at radius 3 is 2.26 bits per heavy atom. The number of nitrogens with zero attached hydrogens (tertiary/aromatic N) is 3. The Morgan fingerprint density at radius 1 is 1.03 bits per heavy atom. The van der Waals surface area contributed by atoms with Gasteiger partial charge in [0.2, 0.25) is 0 Å². The van der Waals surface area contributed by atoms with E-state index in [1.54, 1.807) is 12.3 Å². The van der Waals surface area contributed by atoms with Crippen LogP contribution in [0.1, 0.15) is 99.5 Å². The topological polar surface area (TPSA) is 57.8 Å². The van der Waals surface area contributed by atoms with E-state index in [2.05, 4.69) is 80.4 Å². The van der Waals surface area contributed by atoms with Crippen molar-refractivity contribution in [3.8, 4) is 0 Å². The van der Waals surface area contributed by atoms with Gasteiger partial charge in [0, 0.05) is 24.0 Å².